The topological polar surface area (TPSA) is 44.8 Å². The first-order valence-corrected chi connectivity index (χ1v) is 6.69. The summed E-state index contributed by atoms with van der Waals surface area (Å²) >= 11 is 3.51. The molecule has 1 saturated heterocycles. The van der Waals surface area contributed by atoms with E-state index in [4.69, 9.17) is 14.2 Å². The van der Waals surface area contributed by atoms with E-state index in [2.05, 4.69) is 15.9 Å². The van der Waals surface area contributed by atoms with Crippen LogP contribution in [0.3, 0.4) is 0 Å². The molecule has 0 radical (unpaired) electrons. The lowest BCUT2D eigenvalue weighted by molar-refractivity contribution is -0.150. The summed E-state index contributed by atoms with van der Waals surface area (Å²) in [5.41, 5.74) is 0.911. The molecule has 1 aromatic carbocycles. The Morgan fingerprint density at radius 3 is 2.50 bits per heavy atom. The summed E-state index contributed by atoms with van der Waals surface area (Å²) in [6.07, 6.45) is -0.818. The maximum absolute atomic E-state index is 11.2. The number of carbonyl (C=O) groups excluding carboxylic acids is 1. The molecule has 0 N–H and O–H groups in total. The van der Waals surface area contributed by atoms with Crippen LogP contribution >= 0.6 is 15.9 Å². The van der Waals surface area contributed by atoms with Crippen molar-refractivity contribution in [1.29, 1.82) is 0 Å². The number of hydrogen-bond donors (Lipinski definition) is 0. The number of alkyl halides is 1. The first kappa shape index (κ1) is 13.5. The molecule has 1 aromatic rings. The number of halogens is 1. The zero-order valence-electron chi connectivity index (χ0n) is 10.0. The minimum absolute atomic E-state index is 0.230. The lowest BCUT2D eigenvalue weighted by Crippen LogP contribution is -2.30. The molecule has 2 atom stereocenters. The van der Waals surface area contributed by atoms with Gasteiger partial charge in [-0.15, -0.1) is 0 Å². The molecular formula is C13H15BrO4. The molecule has 0 bridgehead atoms. The number of benzene rings is 1. The number of ether oxygens (including phenoxy) is 3. The Labute approximate surface area is 114 Å². The van der Waals surface area contributed by atoms with Gasteiger partial charge in [-0.2, -0.15) is 0 Å². The van der Waals surface area contributed by atoms with Gasteiger partial charge in [0, 0.05) is 6.92 Å². The first-order valence-electron chi connectivity index (χ1n) is 5.78. The summed E-state index contributed by atoms with van der Waals surface area (Å²) in [6, 6.07) is 9.55. The molecule has 0 saturated carbocycles. The van der Waals surface area contributed by atoms with Gasteiger partial charge in [0.15, 0.2) is 6.29 Å². The second kappa shape index (κ2) is 6.31. The zero-order valence-corrected chi connectivity index (χ0v) is 11.6. The van der Waals surface area contributed by atoms with Crippen LogP contribution < -0.4 is 0 Å². The highest BCUT2D eigenvalue weighted by atomic mass is 79.9. The van der Waals surface area contributed by atoms with Crippen LogP contribution in [0.2, 0.25) is 0 Å². The number of esters is 1. The standard InChI is InChI=1S/C13H15BrO4/c1-9(15)18-12(10-5-3-2-4-6-10)11(14)13-16-7-8-17-13/h2-6,11-13H,7-8H2,1H3. The normalized spacial score (nSPS) is 19.4. The van der Waals surface area contributed by atoms with Crippen molar-refractivity contribution < 1.29 is 19.0 Å². The molecule has 0 amide bonds. The highest BCUT2D eigenvalue weighted by Crippen LogP contribution is 2.31. The molecule has 0 aliphatic carbocycles. The van der Waals surface area contributed by atoms with Crippen molar-refractivity contribution in [2.24, 2.45) is 0 Å². The second-order valence-corrected chi connectivity index (χ2v) is 5.05. The van der Waals surface area contributed by atoms with Gasteiger partial charge in [-0.05, 0) is 5.56 Å². The van der Waals surface area contributed by atoms with Crippen LogP contribution in [0.25, 0.3) is 0 Å². The predicted molar refractivity (Wildman–Crippen MR) is 69.4 cm³/mol. The number of rotatable bonds is 4. The monoisotopic (exact) mass is 314 g/mol. The Hall–Kier alpha value is -0.910. The third kappa shape index (κ3) is 3.31. The average molecular weight is 315 g/mol. The predicted octanol–water partition coefficient (Wildman–Crippen LogP) is 2.43. The van der Waals surface area contributed by atoms with Gasteiger partial charge in [-0.1, -0.05) is 46.3 Å². The highest BCUT2D eigenvalue weighted by molar-refractivity contribution is 9.09. The molecule has 2 rings (SSSR count). The summed E-state index contributed by atoms with van der Waals surface area (Å²) in [5.74, 6) is -0.327. The van der Waals surface area contributed by atoms with E-state index in [0.29, 0.717) is 13.2 Å². The third-order valence-electron chi connectivity index (χ3n) is 2.62. The summed E-state index contributed by atoms with van der Waals surface area (Å²) in [7, 11) is 0. The van der Waals surface area contributed by atoms with E-state index >= 15 is 0 Å². The van der Waals surface area contributed by atoms with E-state index in [1.165, 1.54) is 6.92 Å². The fourth-order valence-electron chi connectivity index (χ4n) is 1.84. The van der Waals surface area contributed by atoms with Crippen LogP contribution in [0, 0.1) is 0 Å². The van der Waals surface area contributed by atoms with E-state index in [-0.39, 0.29) is 10.8 Å². The van der Waals surface area contributed by atoms with E-state index in [1.807, 2.05) is 30.3 Å². The summed E-state index contributed by atoms with van der Waals surface area (Å²) in [4.78, 5) is 11.0. The quantitative estimate of drug-likeness (QED) is 0.632. The van der Waals surface area contributed by atoms with Crippen molar-refractivity contribution >= 4 is 21.9 Å². The van der Waals surface area contributed by atoms with E-state index < -0.39 is 12.4 Å². The molecule has 0 aromatic heterocycles. The van der Waals surface area contributed by atoms with Gasteiger partial charge in [0.2, 0.25) is 0 Å². The second-order valence-electron chi connectivity index (χ2n) is 4.00. The molecule has 1 heterocycles. The van der Waals surface area contributed by atoms with Gasteiger partial charge in [-0.25, -0.2) is 0 Å². The smallest absolute Gasteiger partial charge is 0.303 e. The van der Waals surface area contributed by atoms with Gasteiger partial charge in [0.1, 0.15) is 10.9 Å². The molecule has 18 heavy (non-hydrogen) atoms. The Morgan fingerprint density at radius 2 is 1.94 bits per heavy atom. The van der Waals surface area contributed by atoms with E-state index in [0.717, 1.165) is 5.56 Å². The molecule has 1 aliphatic heterocycles. The lowest BCUT2D eigenvalue weighted by Gasteiger charge is -2.25. The van der Waals surface area contributed by atoms with Crippen molar-refractivity contribution in [2.75, 3.05) is 13.2 Å². The van der Waals surface area contributed by atoms with Crippen molar-refractivity contribution in [2.45, 2.75) is 24.1 Å². The van der Waals surface area contributed by atoms with Crippen LogP contribution in [0.4, 0.5) is 0 Å². The summed E-state index contributed by atoms with van der Waals surface area (Å²) in [6.45, 7) is 2.52. The molecule has 5 heteroatoms. The Morgan fingerprint density at radius 1 is 1.33 bits per heavy atom. The third-order valence-corrected chi connectivity index (χ3v) is 3.53. The number of carbonyl (C=O) groups is 1. The molecule has 98 valence electrons. The molecule has 2 unspecified atom stereocenters. The SMILES string of the molecule is CC(=O)OC(c1ccccc1)C(Br)C1OCCO1. The minimum Gasteiger partial charge on any atom is -0.456 e. The average Bonchev–Trinajstić information content (AvgIpc) is 2.90. The summed E-state index contributed by atoms with van der Waals surface area (Å²) < 4.78 is 16.2. The Bertz CT molecular complexity index is 389. The lowest BCUT2D eigenvalue weighted by atomic mass is 10.1. The molecular weight excluding hydrogens is 300 g/mol. The fourth-order valence-corrected chi connectivity index (χ4v) is 2.56. The van der Waals surface area contributed by atoms with Gasteiger partial charge in [-0.3, -0.25) is 4.79 Å². The first-order chi connectivity index (χ1) is 8.68. The Balaban J connectivity index is 2.16. The molecule has 4 nitrogen and oxygen atoms in total. The van der Waals surface area contributed by atoms with Crippen molar-refractivity contribution in [3.63, 3.8) is 0 Å². The van der Waals surface area contributed by atoms with Crippen LogP contribution in [0.5, 0.6) is 0 Å². The maximum atomic E-state index is 11.2. The van der Waals surface area contributed by atoms with Crippen molar-refractivity contribution in [3.05, 3.63) is 35.9 Å². The Kier molecular flexibility index (Phi) is 4.74. The van der Waals surface area contributed by atoms with Crippen LogP contribution in [-0.2, 0) is 19.0 Å². The molecule has 1 fully saturated rings. The highest BCUT2D eigenvalue weighted by Gasteiger charge is 2.34. The van der Waals surface area contributed by atoms with Gasteiger partial charge < -0.3 is 14.2 Å². The minimum atomic E-state index is -0.424. The number of hydrogen-bond acceptors (Lipinski definition) is 4. The maximum Gasteiger partial charge on any atom is 0.303 e. The molecule has 1 aliphatic rings. The van der Waals surface area contributed by atoms with Crippen LogP contribution in [-0.4, -0.2) is 30.3 Å². The van der Waals surface area contributed by atoms with Gasteiger partial charge in [0.25, 0.3) is 0 Å². The van der Waals surface area contributed by atoms with Crippen molar-refractivity contribution in [1.82, 2.24) is 0 Å². The van der Waals surface area contributed by atoms with Crippen LogP contribution in [0.15, 0.2) is 30.3 Å². The largest absolute Gasteiger partial charge is 0.456 e. The van der Waals surface area contributed by atoms with E-state index in [1.54, 1.807) is 0 Å². The molecule has 0 spiro atoms. The summed E-state index contributed by atoms with van der Waals surface area (Å²) in [5, 5.41) is 0. The fraction of sp³-hybridized carbons (Fsp3) is 0.462. The van der Waals surface area contributed by atoms with Gasteiger partial charge >= 0.3 is 5.97 Å². The van der Waals surface area contributed by atoms with Crippen LogP contribution in [0.1, 0.15) is 18.6 Å². The van der Waals surface area contributed by atoms with Gasteiger partial charge in [0.05, 0.1) is 13.2 Å². The van der Waals surface area contributed by atoms with E-state index in [9.17, 15) is 4.79 Å². The zero-order chi connectivity index (χ0) is 13.0. The van der Waals surface area contributed by atoms with Crippen molar-refractivity contribution in [3.8, 4) is 0 Å².